The van der Waals surface area contributed by atoms with Gasteiger partial charge in [0.1, 0.15) is 0 Å². The van der Waals surface area contributed by atoms with Crippen LogP contribution >= 0.6 is 22.6 Å². The van der Waals surface area contributed by atoms with Gasteiger partial charge in [-0.3, -0.25) is 4.98 Å². The molecule has 0 saturated carbocycles. The zero-order valence-corrected chi connectivity index (χ0v) is 10.0. The molecule has 1 nitrogen and oxygen atoms in total. The summed E-state index contributed by atoms with van der Waals surface area (Å²) in [5.74, 6) is 0. The van der Waals surface area contributed by atoms with Crippen LogP contribution in [0.1, 0.15) is 5.56 Å². The maximum atomic E-state index is 4.16. The van der Waals surface area contributed by atoms with Crippen LogP contribution < -0.4 is 0 Å². The Bertz CT molecular complexity index is 417. The zero-order chi connectivity index (χ0) is 9.97. The Kier molecular flexibility index (Phi) is 2.82. The number of hydrogen-bond donors (Lipinski definition) is 0. The molecule has 14 heavy (non-hydrogen) atoms. The highest BCUT2D eigenvalue weighted by Gasteiger charge is 2.05. The smallest absolute Gasteiger partial charge is 0.0408 e. The molecule has 0 aliphatic rings. The highest BCUT2D eigenvalue weighted by molar-refractivity contribution is 14.1. The number of rotatable bonds is 1. The summed E-state index contributed by atoms with van der Waals surface area (Å²) in [4.78, 5) is 4.16. The van der Waals surface area contributed by atoms with Crippen LogP contribution in [0.4, 0.5) is 0 Å². The highest BCUT2D eigenvalue weighted by Crippen LogP contribution is 2.27. The Morgan fingerprint density at radius 3 is 2.43 bits per heavy atom. The minimum atomic E-state index is 1.20. The number of aryl methyl sites for hydroxylation is 1. The molecule has 0 N–H and O–H groups in total. The molecule has 2 rings (SSSR count). The van der Waals surface area contributed by atoms with Crippen molar-refractivity contribution in [3.63, 3.8) is 0 Å². The van der Waals surface area contributed by atoms with Crippen molar-refractivity contribution >= 4 is 22.6 Å². The molecule has 2 heteroatoms. The third-order valence-electron chi connectivity index (χ3n) is 2.15. The normalized spacial score (nSPS) is 10.1. The molecule has 0 aliphatic heterocycles. The molecule has 0 saturated heterocycles. The fourth-order valence-electron chi connectivity index (χ4n) is 1.50. The number of benzene rings is 1. The van der Waals surface area contributed by atoms with Gasteiger partial charge in [0, 0.05) is 21.5 Å². The van der Waals surface area contributed by atoms with Crippen LogP contribution in [0.15, 0.2) is 42.7 Å². The second-order valence-electron chi connectivity index (χ2n) is 3.18. The van der Waals surface area contributed by atoms with Crippen molar-refractivity contribution in [3.05, 3.63) is 51.9 Å². The van der Waals surface area contributed by atoms with Crippen LogP contribution in [0, 0.1) is 10.5 Å². The lowest BCUT2D eigenvalue weighted by Crippen LogP contribution is -1.88. The van der Waals surface area contributed by atoms with Crippen molar-refractivity contribution in [2.24, 2.45) is 0 Å². The molecule has 1 heterocycles. The molecule has 0 aliphatic carbocycles. The van der Waals surface area contributed by atoms with E-state index < -0.39 is 0 Å². The van der Waals surface area contributed by atoms with Gasteiger partial charge in [-0.15, -0.1) is 0 Å². The monoisotopic (exact) mass is 295 g/mol. The highest BCUT2D eigenvalue weighted by atomic mass is 127. The van der Waals surface area contributed by atoms with E-state index in [-0.39, 0.29) is 0 Å². The van der Waals surface area contributed by atoms with Crippen LogP contribution in [-0.4, -0.2) is 4.98 Å². The van der Waals surface area contributed by atoms with E-state index >= 15 is 0 Å². The fourth-order valence-corrected chi connectivity index (χ4v) is 2.40. The van der Waals surface area contributed by atoms with Crippen molar-refractivity contribution in [3.8, 4) is 11.1 Å². The van der Waals surface area contributed by atoms with Gasteiger partial charge in [0.25, 0.3) is 0 Å². The predicted octanol–water partition coefficient (Wildman–Crippen LogP) is 3.66. The molecule has 1 aromatic carbocycles. The lowest BCUT2D eigenvalue weighted by molar-refractivity contribution is 1.25. The average molecular weight is 295 g/mol. The van der Waals surface area contributed by atoms with E-state index in [1.54, 1.807) is 0 Å². The molecule has 0 radical (unpaired) electrons. The lowest BCUT2D eigenvalue weighted by atomic mass is 10.0. The van der Waals surface area contributed by atoms with Gasteiger partial charge < -0.3 is 0 Å². The van der Waals surface area contributed by atoms with Crippen molar-refractivity contribution in [1.29, 1.82) is 0 Å². The first-order valence-electron chi connectivity index (χ1n) is 4.44. The van der Waals surface area contributed by atoms with E-state index in [9.17, 15) is 0 Å². The Hall–Kier alpha value is -0.900. The van der Waals surface area contributed by atoms with Crippen molar-refractivity contribution in [2.75, 3.05) is 0 Å². The molecule has 0 atom stereocenters. The number of halogens is 1. The fraction of sp³-hybridized carbons (Fsp3) is 0.0833. The molecule has 1 aromatic heterocycles. The van der Waals surface area contributed by atoms with Gasteiger partial charge in [-0.25, -0.2) is 0 Å². The van der Waals surface area contributed by atoms with Gasteiger partial charge in [-0.05, 0) is 40.6 Å². The Balaban J connectivity index is 2.63. The Morgan fingerprint density at radius 2 is 1.79 bits per heavy atom. The molecule has 0 bridgehead atoms. The van der Waals surface area contributed by atoms with Crippen molar-refractivity contribution in [2.45, 2.75) is 6.92 Å². The molecule has 0 fully saturated rings. The summed E-state index contributed by atoms with van der Waals surface area (Å²) < 4.78 is 1.20. The van der Waals surface area contributed by atoms with Gasteiger partial charge in [0.2, 0.25) is 0 Å². The largest absolute Gasteiger partial charge is 0.263 e. The van der Waals surface area contributed by atoms with Gasteiger partial charge in [-0.1, -0.05) is 30.3 Å². The number of aromatic nitrogens is 1. The van der Waals surface area contributed by atoms with E-state index in [4.69, 9.17) is 0 Å². The first-order valence-corrected chi connectivity index (χ1v) is 5.52. The Labute approximate surface area is 97.3 Å². The number of nitrogens with zero attached hydrogens (tertiary/aromatic N) is 1. The quantitative estimate of drug-likeness (QED) is 0.732. The molecular weight excluding hydrogens is 285 g/mol. The van der Waals surface area contributed by atoms with Gasteiger partial charge in [0.05, 0.1) is 0 Å². The average Bonchev–Trinajstić information content (AvgIpc) is 2.19. The molecular formula is C12H10IN. The van der Waals surface area contributed by atoms with Crippen LogP contribution in [0.5, 0.6) is 0 Å². The van der Waals surface area contributed by atoms with Gasteiger partial charge in [-0.2, -0.15) is 0 Å². The molecule has 0 spiro atoms. The van der Waals surface area contributed by atoms with E-state index in [2.05, 4.69) is 58.8 Å². The number of hydrogen-bond acceptors (Lipinski definition) is 1. The van der Waals surface area contributed by atoms with E-state index in [1.165, 1.54) is 20.3 Å². The maximum Gasteiger partial charge on any atom is 0.0408 e. The Morgan fingerprint density at radius 1 is 1.07 bits per heavy atom. The summed E-state index contributed by atoms with van der Waals surface area (Å²) in [6.45, 7) is 2.09. The maximum absolute atomic E-state index is 4.16. The molecule has 0 unspecified atom stereocenters. The first kappa shape index (κ1) is 9.65. The summed E-state index contributed by atoms with van der Waals surface area (Å²) in [6.07, 6.45) is 3.81. The first-order chi connectivity index (χ1) is 6.79. The molecule has 70 valence electrons. The molecule has 0 amide bonds. The summed E-state index contributed by atoms with van der Waals surface area (Å²) in [5, 5.41) is 0. The minimum absolute atomic E-state index is 1.20. The van der Waals surface area contributed by atoms with Gasteiger partial charge >= 0.3 is 0 Å². The van der Waals surface area contributed by atoms with Crippen molar-refractivity contribution in [1.82, 2.24) is 4.98 Å². The topological polar surface area (TPSA) is 12.9 Å². The van der Waals surface area contributed by atoms with Gasteiger partial charge in [0.15, 0.2) is 0 Å². The minimum Gasteiger partial charge on any atom is -0.263 e. The van der Waals surface area contributed by atoms with E-state index in [0.29, 0.717) is 0 Å². The van der Waals surface area contributed by atoms with E-state index in [0.717, 1.165) is 0 Å². The summed E-state index contributed by atoms with van der Waals surface area (Å²) in [7, 11) is 0. The van der Waals surface area contributed by atoms with Crippen LogP contribution in [0.3, 0.4) is 0 Å². The standard InChI is InChI=1S/C12H10IN/c1-9-7-14-8-11(13)12(9)10-5-3-2-4-6-10/h2-8H,1H3. The number of pyridine rings is 1. The van der Waals surface area contributed by atoms with E-state index in [1.807, 2.05) is 18.5 Å². The summed E-state index contributed by atoms with van der Waals surface area (Å²) in [5.41, 5.74) is 3.78. The van der Waals surface area contributed by atoms with Crippen LogP contribution in [-0.2, 0) is 0 Å². The third-order valence-corrected chi connectivity index (χ3v) is 2.97. The second kappa shape index (κ2) is 4.09. The molecule has 2 aromatic rings. The van der Waals surface area contributed by atoms with Crippen LogP contribution in [0.25, 0.3) is 11.1 Å². The third kappa shape index (κ3) is 1.80. The summed E-state index contributed by atoms with van der Waals surface area (Å²) >= 11 is 2.33. The zero-order valence-electron chi connectivity index (χ0n) is 7.87. The SMILES string of the molecule is Cc1cncc(I)c1-c1ccccc1. The lowest BCUT2D eigenvalue weighted by Gasteiger charge is -2.07. The summed E-state index contributed by atoms with van der Waals surface area (Å²) in [6, 6.07) is 10.4. The second-order valence-corrected chi connectivity index (χ2v) is 4.34. The van der Waals surface area contributed by atoms with Crippen LogP contribution in [0.2, 0.25) is 0 Å². The predicted molar refractivity (Wildman–Crippen MR) is 67.1 cm³/mol. The van der Waals surface area contributed by atoms with Crippen molar-refractivity contribution < 1.29 is 0 Å².